The van der Waals surface area contributed by atoms with Crippen LogP contribution in [0.1, 0.15) is 50.9 Å². The number of anilines is 1. The third-order valence-electron chi connectivity index (χ3n) is 6.81. The summed E-state index contributed by atoms with van der Waals surface area (Å²) in [5.41, 5.74) is 5.70. The van der Waals surface area contributed by atoms with E-state index in [1.54, 1.807) is 0 Å². The van der Waals surface area contributed by atoms with Gasteiger partial charge in [-0.25, -0.2) is 0 Å². The number of piperazine rings is 1. The summed E-state index contributed by atoms with van der Waals surface area (Å²) in [6.45, 7) is 5.56. The molecule has 0 radical (unpaired) electrons. The maximum absolute atomic E-state index is 13.1. The van der Waals surface area contributed by atoms with Gasteiger partial charge in [0, 0.05) is 49.7 Å². The van der Waals surface area contributed by atoms with Crippen molar-refractivity contribution in [3.8, 4) is 6.07 Å². The van der Waals surface area contributed by atoms with Crippen LogP contribution < -0.4 is 10.6 Å². The zero-order valence-electron chi connectivity index (χ0n) is 20.8. The van der Waals surface area contributed by atoms with Gasteiger partial charge in [-0.2, -0.15) is 10.4 Å². The Morgan fingerprint density at radius 3 is 2.84 bits per heavy atom. The predicted octanol–water partition coefficient (Wildman–Crippen LogP) is 5.61. The molecule has 0 bridgehead atoms. The molecule has 8 heteroatoms. The molecule has 1 atom stereocenters. The number of hydrogen-bond acceptors (Lipinski definition) is 6. The molecule has 1 unspecified atom stereocenters. The minimum atomic E-state index is -0.0978. The van der Waals surface area contributed by atoms with Crippen molar-refractivity contribution >= 4 is 46.0 Å². The van der Waals surface area contributed by atoms with Gasteiger partial charge in [0.1, 0.15) is 0 Å². The lowest BCUT2D eigenvalue weighted by Crippen LogP contribution is -2.45. The largest absolute Gasteiger partial charge is 0.321 e. The Morgan fingerprint density at radius 1 is 1.22 bits per heavy atom. The number of rotatable bonds is 8. The quantitative estimate of drug-likeness (QED) is 0.286. The van der Waals surface area contributed by atoms with Gasteiger partial charge in [0.25, 0.3) is 5.91 Å². The molecule has 3 N–H and O–H groups in total. The molecule has 188 valence electrons. The van der Waals surface area contributed by atoms with Crippen LogP contribution in [0.4, 0.5) is 5.69 Å². The predicted molar refractivity (Wildman–Crippen MR) is 151 cm³/mol. The van der Waals surface area contributed by atoms with Crippen LogP contribution >= 0.6 is 11.3 Å². The first-order valence-electron chi connectivity index (χ1n) is 12.6. The van der Waals surface area contributed by atoms with Gasteiger partial charge >= 0.3 is 0 Å². The van der Waals surface area contributed by atoms with Gasteiger partial charge < -0.3 is 10.6 Å². The Labute approximate surface area is 220 Å². The summed E-state index contributed by atoms with van der Waals surface area (Å²) >= 11 is 1.45. The van der Waals surface area contributed by atoms with E-state index in [4.69, 9.17) is 0 Å². The number of fused-ring (bicyclic) bond motifs is 1. The standard InChI is InChI=1S/C29H30N6OS/c1-20-12-18-37-28(20)29(36)32-24-10-8-21(9-11-26-22-5-2-3-6-25(22)33-34-26)19-23(24)27(7-4-13-30)35-16-14-31-15-17-35/h2-3,5-6,8-12,18-19,27,31H,4,7,14-17H2,1H3,(H,32,36)(H,33,34)/b11-9+. The highest BCUT2D eigenvalue weighted by Gasteiger charge is 2.25. The molecule has 37 heavy (non-hydrogen) atoms. The molecule has 1 fully saturated rings. The Kier molecular flexibility index (Phi) is 7.76. The van der Waals surface area contributed by atoms with E-state index in [0.717, 1.165) is 70.0 Å². The molecule has 1 aliphatic heterocycles. The van der Waals surface area contributed by atoms with Gasteiger partial charge in [-0.1, -0.05) is 30.3 Å². The number of aromatic amines is 1. The second-order valence-electron chi connectivity index (χ2n) is 9.22. The summed E-state index contributed by atoms with van der Waals surface area (Å²) in [5, 5.41) is 26.5. The fraction of sp³-hybridized carbons (Fsp3) is 0.276. The molecule has 0 spiro atoms. The van der Waals surface area contributed by atoms with Gasteiger partial charge in [0.05, 0.1) is 22.2 Å². The third-order valence-corrected chi connectivity index (χ3v) is 7.82. The zero-order valence-corrected chi connectivity index (χ0v) is 21.6. The summed E-state index contributed by atoms with van der Waals surface area (Å²) in [6, 6.07) is 18.5. The second kappa shape index (κ2) is 11.5. The molecule has 1 amide bonds. The van der Waals surface area contributed by atoms with Crippen LogP contribution in [0, 0.1) is 18.3 Å². The van der Waals surface area contributed by atoms with Crippen molar-refractivity contribution in [3.05, 3.63) is 81.2 Å². The van der Waals surface area contributed by atoms with Gasteiger partial charge in [-0.05, 0) is 65.8 Å². The summed E-state index contributed by atoms with van der Waals surface area (Å²) < 4.78 is 0. The van der Waals surface area contributed by atoms with E-state index in [9.17, 15) is 10.1 Å². The van der Waals surface area contributed by atoms with Crippen molar-refractivity contribution < 1.29 is 4.79 Å². The molecule has 3 heterocycles. The van der Waals surface area contributed by atoms with E-state index < -0.39 is 0 Å². The topological polar surface area (TPSA) is 96.8 Å². The molecular weight excluding hydrogens is 480 g/mol. The Balaban J connectivity index is 1.51. The number of carbonyl (C=O) groups is 1. The smallest absolute Gasteiger partial charge is 0.266 e. The summed E-state index contributed by atoms with van der Waals surface area (Å²) in [5.74, 6) is -0.0978. The van der Waals surface area contributed by atoms with Crippen molar-refractivity contribution in [1.82, 2.24) is 20.4 Å². The number of carbonyl (C=O) groups excluding carboxylic acids is 1. The normalized spacial score (nSPS) is 15.1. The number of H-pyrrole nitrogens is 1. The number of aryl methyl sites for hydroxylation is 1. The van der Waals surface area contributed by atoms with Crippen molar-refractivity contribution in [2.45, 2.75) is 25.8 Å². The molecule has 4 aromatic rings. The maximum Gasteiger partial charge on any atom is 0.266 e. The van der Waals surface area contributed by atoms with Crippen LogP contribution in [-0.2, 0) is 0 Å². The number of amides is 1. The number of hydrogen-bond donors (Lipinski definition) is 3. The highest BCUT2D eigenvalue weighted by molar-refractivity contribution is 7.12. The van der Waals surface area contributed by atoms with E-state index in [2.05, 4.69) is 50.0 Å². The van der Waals surface area contributed by atoms with Crippen LogP contribution in [0.25, 0.3) is 23.1 Å². The highest BCUT2D eigenvalue weighted by Crippen LogP contribution is 2.34. The third kappa shape index (κ3) is 5.65. The number of benzene rings is 2. The van der Waals surface area contributed by atoms with Crippen LogP contribution in [0.5, 0.6) is 0 Å². The molecule has 0 saturated carbocycles. The number of para-hydroxylation sites is 1. The van der Waals surface area contributed by atoms with Gasteiger partial charge in [-0.15, -0.1) is 11.3 Å². The molecule has 1 aliphatic rings. The Hall–Kier alpha value is -3.77. The SMILES string of the molecule is Cc1ccsc1C(=O)Nc1ccc(/C=C/c2n[nH]c3ccccc23)cc1C(CCC#N)N1CCNCC1. The van der Waals surface area contributed by atoms with Crippen molar-refractivity contribution in [2.24, 2.45) is 0 Å². The first kappa shape index (κ1) is 24.9. The minimum Gasteiger partial charge on any atom is -0.321 e. The molecule has 2 aromatic carbocycles. The van der Waals surface area contributed by atoms with E-state index in [-0.39, 0.29) is 11.9 Å². The zero-order chi connectivity index (χ0) is 25.6. The van der Waals surface area contributed by atoms with E-state index in [1.165, 1.54) is 11.3 Å². The highest BCUT2D eigenvalue weighted by atomic mass is 32.1. The summed E-state index contributed by atoms with van der Waals surface area (Å²) in [7, 11) is 0. The Bertz CT molecular complexity index is 1460. The van der Waals surface area contributed by atoms with Gasteiger partial charge in [-0.3, -0.25) is 14.8 Å². The first-order valence-corrected chi connectivity index (χ1v) is 13.4. The first-order chi connectivity index (χ1) is 18.1. The average molecular weight is 511 g/mol. The van der Waals surface area contributed by atoms with Crippen molar-refractivity contribution in [1.29, 1.82) is 5.26 Å². The average Bonchev–Trinajstić information content (AvgIpc) is 3.55. The monoisotopic (exact) mass is 510 g/mol. The summed E-state index contributed by atoms with van der Waals surface area (Å²) in [4.78, 5) is 16.3. The lowest BCUT2D eigenvalue weighted by molar-refractivity contribution is 0.102. The number of nitriles is 1. The lowest BCUT2D eigenvalue weighted by Gasteiger charge is -2.36. The van der Waals surface area contributed by atoms with Crippen LogP contribution in [-0.4, -0.2) is 47.2 Å². The van der Waals surface area contributed by atoms with Crippen LogP contribution in [0.15, 0.2) is 53.9 Å². The number of thiophene rings is 1. The molecular formula is C29H30N6OS. The Morgan fingerprint density at radius 2 is 2.05 bits per heavy atom. The summed E-state index contributed by atoms with van der Waals surface area (Å²) in [6.07, 6.45) is 5.22. The molecule has 1 saturated heterocycles. The van der Waals surface area contributed by atoms with Crippen LogP contribution in [0.3, 0.4) is 0 Å². The van der Waals surface area contributed by atoms with Crippen molar-refractivity contribution in [2.75, 3.05) is 31.5 Å². The molecule has 2 aromatic heterocycles. The van der Waals surface area contributed by atoms with Gasteiger partial charge in [0.2, 0.25) is 0 Å². The second-order valence-corrected chi connectivity index (χ2v) is 10.1. The molecule has 5 rings (SSSR count). The van der Waals surface area contributed by atoms with Gasteiger partial charge in [0.15, 0.2) is 0 Å². The van der Waals surface area contributed by atoms with E-state index in [1.807, 2.05) is 54.8 Å². The van der Waals surface area contributed by atoms with E-state index in [0.29, 0.717) is 12.8 Å². The van der Waals surface area contributed by atoms with Crippen molar-refractivity contribution in [3.63, 3.8) is 0 Å². The van der Waals surface area contributed by atoms with Crippen LogP contribution in [0.2, 0.25) is 0 Å². The number of nitrogens with one attached hydrogen (secondary N) is 3. The fourth-order valence-corrected chi connectivity index (χ4v) is 5.70. The number of aromatic nitrogens is 2. The number of nitrogens with zero attached hydrogens (tertiary/aromatic N) is 3. The lowest BCUT2D eigenvalue weighted by atomic mass is 9.95. The fourth-order valence-electron chi connectivity index (χ4n) is 4.88. The van der Waals surface area contributed by atoms with E-state index >= 15 is 0 Å². The molecule has 0 aliphatic carbocycles. The minimum absolute atomic E-state index is 0.0287. The molecule has 7 nitrogen and oxygen atoms in total. The maximum atomic E-state index is 13.1.